The molecule has 0 N–H and O–H groups in total. The normalized spacial score (nSPS) is 10.9. The summed E-state index contributed by atoms with van der Waals surface area (Å²) >= 11 is 1.64. The predicted molar refractivity (Wildman–Crippen MR) is 98.7 cm³/mol. The molecule has 124 valence electrons. The van der Waals surface area contributed by atoms with Gasteiger partial charge in [-0.25, -0.2) is 4.98 Å². The van der Waals surface area contributed by atoms with Crippen molar-refractivity contribution in [1.82, 2.24) is 24.3 Å². The minimum Gasteiger partial charge on any atom is -0.330 e. The van der Waals surface area contributed by atoms with E-state index in [0.717, 1.165) is 29.0 Å². The number of thioether (sulfide) groups is 1. The van der Waals surface area contributed by atoms with Crippen LogP contribution in [-0.2, 0) is 12.3 Å². The van der Waals surface area contributed by atoms with Crippen LogP contribution in [0.25, 0.3) is 5.69 Å². The van der Waals surface area contributed by atoms with Crippen LogP contribution in [0.15, 0.2) is 84.5 Å². The summed E-state index contributed by atoms with van der Waals surface area (Å²) < 4.78 is 4.17. The number of rotatable bonds is 6. The third kappa shape index (κ3) is 3.64. The Morgan fingerprint density at radius 2 is 1.68 bits per heavy atom. The first-order valence-corrected chi connectivity index (χ1v) is 9.01. The van der Waals surface area contributed by atoms with Crippen LogP contribution in [-0.4, -0.2) is 24.3 Å². The molecule has 4 rings (SSSR count). The first-order valence-electron chi connectivity index (χ1n) is 8.02. The Bertz CT molecular complexity index is 931. The molecule has 5 nitrogen and oxygen atoms in total. The molecule has 0 atom stereocenters. The van der Waals surface area contributed by atoms with E-state index in [1.165, 1.54) is 5.56 Å². The molecule has 0 saturated carbocycles. The van der Waals surface area contributed by atoms with Crippen LogP contribution in [0.3, 0.4) is 0 Å². The zero-order valence-electron chi connectivity index (χ0n) is 13.6. The Morgan fingerprint density at radius 3 is 2.48 bits per heavy atom. The molecule has 25 heavy (non-hydrogen) atoms. The van der Waals surface area contributed by atoms with Gasteiger partial charge in [0, 0.05) is 24.6 Å². The maximum Gasteiger partial charge on any atom is 0.196 e. The van der Waals surface area contributed by atoms with Gasteiger partial charge in [0.2, 0.25) is 0 Å². The van der Waals surface area contributed by atoms with Gasteiger partial charge in [0.25, 0.3) is 0 Å². The lowest BCUT2D eigenvalue weighted by Gasteiger charge is -2.09. The van der Waals surface area contributed by atoms with Crippen molar-refractivity contribution in [3.63, 3.8) is 0 Å². The second-order valence-electron chi connectivity index (χ2n) is 5.56. The van der Waals surface area contributed by atoms with Crippen molar-refractivity contribution in [3.8, 4) is 5.69 Å². The minimum absolute atomic E-state index is 0.741. The van der Waals surface area contributed by atoms with Crippen LogP contribution in [0.2, 0.25) is 0 Å². The first-order chi connectivity index (χ1) is 12.4. The van der Waals surface area contributed by atoms with Crippen molar-refractivity contribution < 1.29 is 0 Å². The molecule has 0 radical (unpaired) electrons. The lowest BCUT2D eigenvalue weighted by molar-refractivity contribution is 0.755. The van der Waals surface area contributed by atoms with Gasteiger partial charge < -0.3 is 4.57 Å². The van der Waals surface area contributed by atoms with Gasteiger partial charge in [-0.1, -0.05) is 60.3 Å². The van der Waals surface area contributed by atoms with Crippen molar-refractivity contribution in [2.75, 3.05) is 0 Å². The molecule has 4 aromatic rings. The zero-order valence-corrected chi connectivity index (χ0v) is 14.4. The summed E-state index contributed by atoms with van der Waals surface area (Å²) in [5, 5.41) is 9.16. The van der Waals surface area contributed by atoms with Gasteiger partial charge in [-0.2, -0.15) is 0 Å². The molecule has 2 aromatic heterocycles. The Kier molecular flexibility index (Phi) is 4.61. The average Bonchev–Trinajstić information content (AvgIpc) is 3.31. The first kappa shape index (κ1) is 15.7. The predicted octanol–water partition coefficient (Wildman–Crippen LogP) is 3.80. The van der Waals surface area contributed by atoms with Gasteiger partial charge in [-0.15, -0.1) is 10.2 Å². The van der Waals surface area contributed by atoms with Crippen LogP contribution in [0, 0.1) is 0 Å². The minimum atomic E-state index is 0.741. The van der Waals surface area contributed by atoms with E-state index in [1.54, 1.807) is 18.1 Å². The second-order valence-corrected chi connectivity index (χ2v) is 6.51. The highest BCUT2D eigenvalue weighted by molar-refractivity contribution is 7.98. The molecule has 0 aliphatic carbocycles. The number of aromatic nitrogens is 5. The Morgan fingerprint density at radius 1 is 0.920 bits per heavy atom. The highest BCUT2D eigenvalue weighted by Gasteiger charge is 2.10. The lowest BCUT2D eigenvalue weighted by Crippen LogP contribution is -2.04. The highest BCUT2D eigenvalue weighted by Crippen LogP contribution is 2.23. The maximum atomic E-state index is 4.50. The third-order valence-electron chi connectivity index (χ3n) is 3.88. The molecular weight excluding hydrogens is 330 g/mol. The van der Waals surface area contributed by atoms with Crippen molar-refractivity contribution in [2.24, 2.45) is 0 Å². The monoisotopic (exact) mass is 347 g/mol. The largest absolute Gasteiger partial charge is 0.330 e. The fourth-order valence-electron chi connectivity index (χ4n) is 2.62. The van der Waals surface area contributed by atoms with Gasteiger partial charge >= 0.3 is 0 Å². The number of imidazole rings is 1. The molecule has 0 unspecified atom stereocenters. The number of hydrogen-bond donors (Lipinski definition) is 0. The Balaban J connectivity index is 1.49. The summed E-state index contributed by atoms with van der Waals surface area (Å²) in [6, 6.07) is 20.5. The van der Waals surface area contributed by atoms with Crippen molar-refractivity contribution >= 4 is 11.8 Å². The van der Waals surface area contributed by atoms with E-state index in [9.17, 15) is 0 Å². The summed E-state index contributed by atoms with van der Waals surface area (Å²) in [4.78, 5) is 4.50. The summed E-state index contributed by atoms with van der Waals surface area (Å²) in [5.41, 5.74) is 2.32. The van der Waals surface area contributed by atoms with Crippen molar-refractivity contribution in [1.29, 1.82) is 0 Å². The quantitative estimate of drug-likeness (QED) is 0.498. The smallest absolute Gasteiger partial charge is 0.196 e. The van der Waals surface area contributed by atoms with Crippen molar-refractivity contribution in [3.05, 3.63) is 90.8 Å². The molecule has 2 aromatic carbocycles. The highest BCUT2D eigenvalue weighted by atomic mass is 32.2. The molecule has 0 fully saturated rings. The maximum absolute atomic E-state index is 4.50. The topological polar surface area (TPSA) is 48.5 Å². The van der Waals surface area contributed by atoms with Crippen LogP contribution >= 0.6 is 11.8 Å². The van der Waals surface area contributed by atoms with E-state index < -0.39 is 0 Å². The molecular formula is C19H17N5S. The number of nitrogens with zero attached hydrogens (tertiary/aromatic N) is 5. The molecule has 0 amide bonds. The SMILES string of the molecule is c1ccc(Cn2ccnc2CSc2nncn2-c2ccccc2)cc1. The molecule has 0 aliphatic rings. The fourth-order valence-corrected chi connectivity index (χ4v) is 3.52. The third-order valence-corrected chi connectivity index (χ3v) is 4.82. The van der Waals surface area contributed by atoms with Crippen LogP contribution in [0.4, 0.5) is 0 Å². The van der Waals surface area contributed by atoms with E-state index in [4.69, 9.17) is 0 Å². The average molecular weight is 347 g/mol. The van der Waals surface area contributed by atoms with Gasteiger partial charge in [-0.3, -0.25) is 4.57 Å². The van der Waals surface area contributed by atoms with Crippen LogP contribution in [0.1, 0.15) is 11.4 Å². The summed E-state index contributed by atoms with van der Waals surface area (Å²) in [5.74, 6) is 1.77. The molecule has 6 heteroatoms. The van der Waals surface area contributed by atoms with Crippen molar-refractivity contribution in [2.45, 2.75) is 17.5 Å². The number of para-hydroxylation sites is 1. The Hall–Kier alpha value is -2.86. The van der Waals surface area contributed by atoms with Crippen LogP contribution in [0.5, 0.6) is 0 Å². The molecule has 0 spiro atoms. The zero-order chi connectivity index (χ0) is 16.9. The molecule has 0 saturated heterocycles. The van der Waals surface area contributed by atoms with E-state index in [2.05, 4.69) is 44.0 Å². The van der Waals surface area contributed by atoms with Gasteiger partial charge in [0.1, 0.15) is 12.2 Å². The molecule has 2 heterocycles. The van der Waals surface area contributed by atoms with E-state index in [-0.39, 0.29) is 0 Å². The number of hydrogen-bond acceptors (Lipinski definition) is 4. The van der Waals surface area contributed by atoms with Crippen LogP contribution < -0.4 is 0 Å². The summed E-state index contributed by atoms with van der Waals surface area (Å²) in [6.45, 7) is 0.822. The van der Waals surface area contributed by atoms with Gasteiger partial charge in [0.05, 0.1) is 5.75 Å². The van der Waals surface area contributed by atoms with E-state index >= 15 is 0 Å². The second kappa shape index (κ2) is 7.36. The molecule has 0 bridgehead atoms. The molecule has 0 aliphatic heterocycles. The number of benzene rings is 2. The lowest BCUT2D eigenvalue weighted by atomic mass is 10.2. The summed E-state index contributed by atoms with van der Waals surface area (Å²) in [7, 11) is 0. The van der Waals surface area contributed by atoms with Gasteiger partial charge in [0.15, 0.2) is 5.16 Å². The Labute approximate surface area is 150 Å². The summed E-state index contributed by atoms with van der Waals surface area (Å²) in [6.07, 6.45) is 5.61. The van der Waals surface area contributed by atoms with E-state index in [1.807, 2.05) is 53.4 Å². The standard InChI is InChI=1S/C19H17N5S/c1-3-7-16(8-4-1)13-23-12-11-20-18(23)14-25-19-22-21-15-24(19)17-9-5-2-6-10-17/h1-12,15H,13-14H2. The fraction of sp³-hybridized carbons (Fsp3) is 0.105. The van der Waals surface area contributed by atoms with E-state index in [0.29, 0.717) is 0 Å². The van der Waals surface area contributed by atoms with Gasteiger partial charge in [-0.05, 0) is 17.7 Å².